The van der Waals surface area contributed by atoms with E-state index in [1.165, 1.54) is 7.11 Å². The van der Waals surface area contributed by atoms with Crippen LogP contribution in [0.25, 0.3) is 0 Å². The van der Waals surface area contributed by atoms with Gasteiger partial charge in [-0.2, -0.15) is 0 Å². The van der Waals surface area contributed by atoms with Gasteiger partial charge in [0.1, 0.15) is 12.1 Å². The molecule has 2 rings (SSSR count). The molecular weight excluding hydrogens is 399 g/mol. The Balaban J connectivity index is 2.06. The number of rotatable bonds is 5. The molecule has 1 heterocycles. The summed E-state index contributed by atoms with van der Waals surface area (Å²) in [5.74, 6) is -1.00. The number of hydrogen-bond acceptors (Lipinski definition) is 4. The van der Waals surface area contributed by atoms with Crippen molar-refractivity contribution >= 4 is 40.4 Å². The lowest BCUT2D eigenvalue weighted by atomic mass is 10.1. The van der Waals surface area contributed by atoms with Gasteiger partial charge in [0.15, 0.2) is 0 Å². The molecule has 0 bridgehead atoms. The quantitative estimate of drug-likeness (QED) is 0.549. The van der Waals surface area contributed by atoms with Crippen LogP contribution in [-0.2, 0) is 25.5 Å². The van der Waals surface area contributed by atoms with E-state index in [1.54, 1.807) is 0 Å². The van der Waals surface area contributed by atoms with E-state index in [2.05, 4.69) is 33.2 Å². The Bertz CT molecular complexity index is 591. The molecule has 0 radical (unpaired) electrons. The molecule has 7 heteroatoms. The molecule has 0 spiro atoms. The van der Waals surface area contributed by atoms with Crippen molar-refractivity contribution in [2.45, 2.75) is 31.3 Å². The summed E-state index contributed by atoms with van der Waals surface area (Å²) in [4.78, 5) is 35.3. The van der Waals surface area contributed by atoms with E-state index in [-0.39, 0.29) is 11.8 Å². The molecule has 0 saturated carbocycles. The Labute approximate surface area is 142 Å². The van der Waals surface area contributed by atoms with E-state index in [0.29, 0.717) is 19.3 Å². The minimum atomic E-state index is -0.772. The van der Waals surface area contributed by atoms with Crippen LogP contribution in [0.5, 0.6) is 0 Å². The Morgan fingerprint density at radius 2 is 2.18 bits per heavy atom. The van der Waals surface area contributed by atoms with Crippen LogP contribution in [0.2, 0.25) is 0 Å². The topological polar surface area (TPSA) is 84.5 Å². The molecule has 1 aliphatic rings. The van der Waals surface area contributed by atoms with Crippen molar-refractivity contribution in [1.29, 1.82) is 0 Å². The zero-order chi connectivity index (χ0) is 16.1. The third kappa shape index (κ3) is 4.19. The highest BCUT2D eigenvalue weighted by Gasteiger charge is 2.31. The number of benzene rings is 1. The average Bonchev–Trinajstić information content (AvgIpc) is 2.94. The van der Waals surface area contributed by atoms with Crippen molar-refractivity contribution in [1.82, 2.24) is 10.6 Å². The second kappa shape index (κ2) is 7.57. The number of halogens is 1. The third-order valence-electron chi connectivity index (χ3n) is 3.50. The Morgan fingerprint density at radius 3 is 2.77 bits per heavy atom. The number of nitrogens with one attached hydrogen (secondary N) is 2. The van der Waals surface area contributed by atoms with E-state index in [1.807, 2.05) is 24.3 Å². The van der Waals surface area contributed by atoms with E-state index >= 15 is 0 Å². The van der Waals surface area contributed by atoms with E-state index in [4.69, 9.17) is 4.74 Å². The maximum atomic E-state index is 12.2. The number of methoxy groups -OCH3 is 1. The molecule has 6 nitrogen and oxygen atoms in total. The van der Waals surface area contributed by atoms with Gasteiger partial charge in [-0.15, -0.1) is 0 Å². The fourth-order valence-electron chi connectivity index (χ4n) is 2.30. The van der Waals surface area contributed by atoms with Gasteiger partial charge in [-0.05, 0) is 40.6 Å². The largest absolute Gasteiger partial charge is 0.467 e. The molecule has 1 saturated heterocycles. The third-order valence-corrected chi connectivity index (χ3v) is 4.55. The molecule has 0 aliphatic carbocycles. The fraction of sp³-hybridized carbons (Fsp3) is 0.400. The van der Waals surface area contributed by atoms with Gasteiger partial charge in [0.05, 0.1) is 7.11 Å². The number of carbonyl (C=O) groups is 3. The van der Waals surface area contributed by atoms with E-state index in [9.17, 15) is 14.4 Å². The van der Waals surface area contributed by atoms with Gasteiger partial charge in [0.2, 0.25) is 11.8 Å². The molecule has 1 aromatic rings. The Morgan fingerprint density at radius 1 is 1.45 bits per heavy atom. The van der Waals surface area contributed by atoms with Gasteiger partial charge >= 0.3 is 5.97 Å². The first-order chi connectivity index (χ1) is 10.5. The summed E-state index contributed by atoms with van der Waals surface area (Å²) in [7, 11) is 1.29. The standard InChI is InChI=1S/C15H17IN2O4/c1-22-15(21)12(8-9-4-2-3-5-10(9)16)18-14(20)11-6-7-13(19)17-11/h2-5,11-12H,6-8H2,1H3,(H,17,19)(H,18,20)/t11-,12-/m0/s1. The number of ether oxygens (including phenoxy) is 1. The van der Waals surface area contributed by atoms with Gasteiger partial charge < -0.3 is 15.4 Å². The first-order valence-electron chi connectivity index (χ1n) is 6.92. The second-order valence-electron chi connectivity index (χ2n) is 5.04. The van der Waals surface area contributed by atoms with E-state index in [0.717, 1.165) is 9.13 Å². The molecule has 2 amide bonds. The van der Waals surface area contributed by atoms with Crippen molar-refractivity contribution in [2.75, 3.05) is 7.11 Å². The minimum Gasteiger partial charge on any atom is -0.467 e. The molecule has 22 heavy (non-hydrogen) atoms. The van der Waals surface area contributed by atoms with Crippen LogP contribution in [0.1, 0.15) is 18.4 Å². The van der Waals surface area contributed by atoms with Crippen molar-refractivity contribution < 1.29 is 19.1 Å². The summed E-state index contributed by atoms with van der Waals surface area (Å²) < 4.78 is 5.78. The highest BCUT2D eigenvalue weighted by Crippen LogP contribution is 2.14. The van der Waals surface area contributed by atoms with Crippen molar-refractivity contribution in [3.05, 3.63) is 33.4 Å². The number of esters is 1. The zero-order valence-electron chi connectivity index (χ0n) is 12.1. The molecule has 2 atom stereocenters. The van der Waals surface area contributed by atoms with E-state index < -0.39 is 18.1 Å². The van der Waals surface area contributed by atoms with Crippen LogP contribution < -0.4 is 10.6 Å². The Hall–Kier alpha value is -1.64. The van der Waals surface area contributed by atoms with Crippen LogP contribution in [-0.4, -0.2) is 37.0 Å². The van der Waals surface area contributed by atoms with Crippen LogP contribution in [0.15, 0.2) is 24.3 Å². The lowest BCUT2D eigenvalue weighted by Gasteiger charge is -2.19. The number of carbonyl (C=O) groups excluding carboxylic acids is 3. The van der Waals surface area contributed by atoms with Crippen molar-refractivity contribution in [3.8, 4) is 0 Å². The van der Waals surface area contributed by atoms with Gasteiger partial charge in [0.25, 0.3) is 0 Å². The molecular formula is C15H17IN2O4. The minimum absolute atomic E-state index is 0.146. The molecule has 2 N–H and O–H groups in total. The summed E-state index contributed by atoms with van der Waals surface area (Å²) in [6, 6.07) is 6.28. The molecule has 118 valence electrons. The first kappa shape index (κ1) is 16.7. The smallest absolute Gasteiger partial charge is 0.328 e. The van der Waals surface area contributed by atoms with Crippen LogP contribution in [0.4, 0.5) is 0 Å². The molecule has 0 aromatic heterocycles. The summed E-state index contributed by atoms with van der Waals surface area (Å²) in [6.45, 7) is 0. The average molecular weight is 416 g/mol. The highest BCUT2D eigenvalue weighted by molar-refractivity contribution is 14.1. The zero-order valence-corrected chi connectivity index (χ0v) is 14.3. The molecule has 0 unspecified atom stereocenters. The number of hydrogen-bond donors (Lipinski definition) is 2. The summed E-state index contributed by atoms with van der Waals surface area (Å²) >= 11 is 2.18. The van der Waals surface area contributed by atoms with Gasteiger partial charge in [0, 0.05) is 16.4 Å². The summed E-state index contributed by atoms with van der Waals surface area (Å²) in [5.41, 5.74) is 0.953. The normalized spacial score (nSPS) is 18.5. The Kier molecular flexibility index (Phi) is 5.76. The molecule has 1 aromatic carbocycles. The van der Waals surface area contributed by atoms with Gasteiger partial charge in [-0.1, -0.05) is 18.2 Å². The lowest BCUT2D eigenvalue weighted by molar-refractivity contribution is -0.145. The maximum absolute atomic E-state index is 12.2. The van der Waals surface area contributed by atoms with Crippen LogP contribution in [0.3, 0.4) is 0 Å². The summed E-state index contributed by atoms with van der Waals surface area (Å²) in [6.07, 6.45) is 1.12. The second-order valence-corrected chi connectivity index (χ2v) is 6.20. The van der Waals surface area contributed by atoms with Gasteiger partial charge in [-0.3, -0.25) is 9.59 Å². The van der Waals surface area contributed by atoms with Crippen LogP contribution in [0, 0.1) is 3.57 Å². The lowest BCUT2D eigenvalue weighted by Crippen LogP contribution is -2.50. The molecule has 1 fully saturated rings. The monoisotopic (exact) mass is 416 g/mol. The fourth-order valence-corrected chi connectivity index (χ4v) is 2.91. The van der Waals surface area contributed by atoms with Crippen molar-refractivity contribution in [3.63, 3.8) is 0 Å². The molecule has 1 aliphatic heterocycles. The predicted octanol–water partition coefficient (Wildman–Crippen LogP) is 0.770. The summed E-state index contributed by atoms with van der Waals surface area (Å²) in [5, 5.41) is 5.26. The highest BCUT2D eigenvalue weighted by atomic mass is 127. The van der Waals surface area contributed by atoms with Crippen molar-refractivity contribution in [2.24, 2.45) is 0 Å². The van der Waals surface area contributed by atoms with Gasteiger partial charge in [-0.25, -0.2) is 4.79 Å². The first-order valence-corrected chi connectivity index (χ1v) is 8.00. The predicted molar refractivity (Wildman–Crippen MR) is 88.0 cm³/mol. The maximum Gasteiger partial charge on any atom is 0.328 e. The van der Waals surface area contributed by atoms with Crippen LogP contribution >= 0.6 is 22.6 Å². The number of amides is 2. The SMILES string of the molecule is COC(=O)[C@H](Cc1ccccc1I)NC(=O)[C@@H]1CCC(=O)N1.